The fourth-order valence-corrected chi connectivity index (χ4v) is 2.67. The van der Waals surface area contributed by atoms with Crippen LogP contribution in [0.4, 0.5) is 10.5 Å². The van der Waals surface area contributed by atoms with Gasteiger partial charge in [-0.25, -0.2) is 4.79 Å². The number of aromatic nitrogens is 2. The van der Waals surface area contributed by atoms with Crippen LogP contribution in [0.25, 0.3) is 0 Å². The first-order chi connectivity index (χ1) is 12.6. The monoisotopic (exact) mass is 359 g/mol. The maximum Gasteiger partial charge on any atom is 0.325 e. The molecule has 0 bridgehead atoms. The van der Waals surface area contributed by atoms with Crippen LogP contribution >= 0.6 is 0 Å². The van der Waals surface area contributed by atoms with E-state index in [9.17, 15) is 9.59 Å². The highest BCUT2D eigenvalue weighted by atomic mass is 16.5. The Morgan fingerprint density at radius 2 is 2.04 bits per heavy atom. The van der Waals surface area contributed by atoms with Gasteiger partial charge >= 0.3 is 6.03 Å². The summed E-state index contributed by atoms with van der Waals surface area (Å²) in [7, 11) is 0. The summed E-state index contributed by atoms with van der Waals surface area (Å²) in [6.45, 7) is 5.33. The molecule has 0 atom stereocenters. The molecular weight excluding hydrogens is 338 g/mol. The standard InChI is InChI=1S/C17H21N5O4/c1-3-25-14-6-4-13(5-7-14)22-9-8-21(17(22)24)11-15(23)18-10-16-20-19-12(2)26-16/h4-7H,3,8-11H2,1-2H3,(H,18,23). The average molecular weight is 359 g/mol. The number of nitrogens with zero attached hydrogens (tertiary/aromatic N) is 4. The smallest absolute Gasteiger partial charge is 0.325 e. The Balaban J connectivity index is 1.52. The number of anilines is 1. The average Bonchev–Trinajstić information content (AvgIpc) is 3.21. The zero-order chi connectivity index (χ0) is 18.5. The van der Waals surface area contributed by atoms with Crippen molar-refractivity contribution in [2.75, 3.05) is 31.1 Å². The van der Waals surface area contributed by atoms with E-state index in [1.165, 1.54) is 4.90 Å². The summed E-state index contributed by atoms with van der Waals surface area (Å²) in [5, 5.41) is 10.2. The largest absolute Gasteiger partial charge is 0.494 e. The third-order valence-corrected chi connectivity index (χ3v) is 3.89. The zero-order valence-electron chi connectivity index (χ0n) is 14.8. The lowest BCUT2D eigenvalue weighted by Gasteiger charge is -2.18. The molecule has 3 amide bonds. The van der Waals surface area contributed by atoms with Gasteiger partial charge in [0.1, 0.15) is 12.3 Å². The molecule has 26 heavy (non-hydrogen) atoms. The summed E-state index contributed by atoms with van der Waals surface area (Å²) in [4.78, 5) is 27.7. The van der Waals surface area contributed by atoms with E-state index in [-0.39, 0.29) is 25.0 Å². The zero-order valence-corrected chi connectivity index (χ0v) is 14.8. The number of carbonyl (C=O) groups is 2. The number of rotatable bonds is 7. The minimum Gasteiger partial charge on any atom is -0.494 e. The van der Waals surface area contributed by atoms with Gasteiger partial charge in [-0.15, -0.1) is 10.2 Å². The van der Waals surface area contributed by atoms with E-state index >= 15 is 0 Å². The molecule has 1 aromatic heterocycles. The highest BCUT2D eigenvalue weighted by Crippen LogP contribution is 2.23. The fourth-order valence-electron chi connectivity index (χ4n) is 2.67. The maximum atomic E-state index is 12.5. The molecule has 1 saturated heterocycles. The second-order valence-corrected chi connectivity index (χ2v) is 5.77. The predicted octanol–water partition coefficient (Wildman–Crippen LogP) is 1.34. The lowest BCUT2D eigenvalue weighted by molar-refractivity contribution is -0.121. The first kappa shape index (κ1) is 17.7. The second-order valence-electron chi connectivity index (χ2n) is 5.77. The summed E-state index contributed by atoms with van der Waals surface area (Å²) in [5.74, 6) is 1.26. The Labute approximate surface area is 150 Å². The van der Waals surface area contributed by atoms with Crippen molar-refractivity contribution in [1.29, 1.82) is 0 Å². The normalized spacial score (nSPS) is 14.0. The van der Waals surface area contributed by atoms with E-state index in [1.54, 1.807) is 11.8 Å². The van der Waals surface area contributed by atoms with Crippen LogP contribution in [0.5, 0.6) is 5.75 Å². The summed E-state index contributed by atoms with van der Waals surface area (Å²) in [5.41, 5.74) is 0.780. The molecule has 2 heterocycles. The topological polar surface area (TPSA) is 101 Å². The van der Waals surface area contributed by atoms with Gasteiger partial charge in [-0.05, 0) is 31.2 Å². The van der Waals surface area contributed by atoms with Crippen LogP contribution in [0.3, 0.4) is 0 Å². The molecule has 0 saturated carbocycles. The van der Waals surface area contributed by atoms with Crippen LogP contribution in [0, 0.1) is 6.92 Å². The molecule has 1 aliphatic rings. The first-order valence-corrected chi connectivity index (χ1v) is 8.42. The van der Waals surface area contributed by atoms with Gasteiger partial charge in [0.25, 0.3) is 0 Å². The van der Waals surface area contributed by atoms with Crippen LogP contribution in [-0.2, 0) is 11.3 Å². The quantitative estimate of drug-likeness (QED) is 0.800. The Hall–Kier alpha value is -3.10. The van der Waals surface area contributed by atoms with Crippen molar-refractivity contribution in [3.63, 3.8) is 0 Å². The van der Waals surface area contributed by atoms with E-state index in [1.807, 2.05) is 31.2 Å². The van der Waals surface area contributed by atoms with Crippen molar-refractivity contribution in [1.82, 2.24) is 20.4 Å². The molecule has 9 nitrogen and oxygen atoms in total. The van der Waals surface area contributed by atoms with Crippen LogP contribution in [0.15, 0.2) is 28.7 Å². The van der Waals surface area contributed by atoms with Gasteiger partial charge in [-0.1, -0.05) is 0 Å². The van der Waals surface area contributed by atoms with Crippen molar-refractivity contribution >= 4 is 17.6 Å². The molecule has 1 fully saturated rings. The van der Waals surface area contributed by atoms with Crippen molar-refractivity contribution < 1.29 is 18.7 Å². The van der Waals surface area contributed by atoms with E-state index in [0.29, 0.717) is 31.5 Å². The second kappa shape index (κ2) is 7.85. The molecule has 0 radical (unpaired) electrons. The molecule has 0 aliphatic carbocycles. The SMILES string of the molecule is CCOc1ccc(N2CCN(CC(=O)NCc3nnc(C)o3)C2=O)cc1. The minimum atomic E-state index is -0.275. The van der Waals surface area contributed by atoms with E-state index < -0.39 is 0 Å². The maximum absolute atomic E-state index is 12.5. The summed E-state index contributed by atoms with van der Waals surface area (Å²) in [6.07, 6.45) is 0. The van der Waals surface area contributed by atoms with Crippen molar-refractivity contribution in [3.8, 4) is 5.75 Å². The number of ether oxygens (including phenoxy) is 1. The molecule has 0 spiro atoms. The van der Waals surface area contributed by atoms with Crippen LogP contribution < -0.4 is 15.0 Å². The number of nitrogens with one attached hydrogen (secondary N) is 1. The Kier molecular flexibility index (Phi) is 5.35. The Bertz CT molecular complexity index is 774. The van der Waals surface area contributed by atoms with E-state index in [2.05, 4.69) is 15.5 Å². The van der Waals surface area contributed by atoms with Crippen molar-refractivity contribution in [2.45, 2.75) is 20.4 Å². The van der Waals surface area contributed by atoms with Gasteiger partial charge in [0.15, 0.2) is 0 Å². The number of carbonyl (C=O) groups excluding carboxylic acids is 2. The molecule has 2 aromatic rings. The van der Waals surface area contributed by atoms with Gasteiger partial charge < -0.3 is 19.4 Å². The fraction of sp³-hybridized carbons (Fsp3) is 0.412. The number of hydrogen-bond donors (Lipinski definition) is 1. The molecule has 3 rings (SSSR count). The minimum absolute atomic E-state index is 0.0144. The lowest BCUT2D eigenvalue weighted by atomic mass is 10.3. The molecule has 138 valence electrons. The van der Waals surface area contributed by atoms with Crippen molar-refractivity contribution in [2.24, 2.45) is 0 Å². The highest BCUT2D eigenvalue weighted by molar-refractivity contribution is 5.96. The highest BCUT2D eigenvalue weighted by Gasteiger charge is 2.30. The summed E-state index contributed by atoms with van der Waals surface area (Å²) in [6, 6.07) is 7.13. The molecular formula is C17H21N5O4. The van der Waals surface area contributed by atoms with Gasteiger partial charge in [0.2, 0.25) is 17.7 Å². The molecule has 1 aromatic carbocycles. The lowest BCUT2D eigenvalue weighted by Crippen LogP contribution is -2.39. The summed E-state index contributed by atoms with van der Waals surface area (Å²) >= 11 is 0. The molecule has 0 unspecified atom stereocenters. The number of amides is 3. The Morgan fingerprint density at radius 1 is 1.27 bits per heavy atom. The van der Waals surface area contributed by atoms with E-state index in [0.717, 1.165) is 11.4 Å². The van der Waals surface area contributed by atoms with Gasteiger partial charge in [-0.2, -0.15) is 0 Å². The molecule has 1 N–H and O–H groups in total. The van der Waals surface area contributed by atoms with Gasteiger partial charge in [-0.3, -0.25) is 9.69 Å². The Morgan fingerprint density at radius 3 is 2.69 bits per heavy atom. The van der Waals surface area contributed by atoms with Crippen molar-refractivity contribution in [3.05, 3.63) is 36.0 Å². The summed E-state index contributed by atoms with van der Waals surface area (Å²) < 4.78 is 10.6. The van der Waals surface area contributed by atoms with Gasteiger partial charge in [0.05, 0.1) is 13.2 Å². The van der Waals surface area contributed by atoms with Crippen LogP contribution in [-0.4, -0.2) is 53.3 Å². The van der Waals surface area contributed by atoms with Crippen LogP contribution in [0.2, 0.25) is 0 Å². The number of benzene rings is 1. The van der Waals surface area contributed by atoms with Crippen LogP contribution in [0.1, 0.15) is 18.7 Å². The van der Waals surface area contributed by atoms with Gasteiger partial charge in [0, 0.05) is 25.7 Å². The van der Waals surface area contributed by atoms with E-state index in [4.69, 9.17) is 9.15 Å². The molecule has 1 aliphatic heterocycles. The first-order valence-electron chi connectivity index (χ1n) is 8.42. The number of urea groups is 1. The molecule has 9 heteroatoms. The number of hydrogen-bond acceptors (Lipinski definition) is 6. The third-order valence-electron chi connectivity index (χ3n) is 3.89. The number of aryl methyl sites for hydroxylation is 1. The predicted molar refractivity (Wildman–Crippen MR) is 92.8 cm³/mol. The third kappa shape index (κ3) is 4.11.